The molecule has 1 aliphatic heterocycles. The van der Waals surface area contributed by atoms with Crippen LogP contribution in [-0.2, 0) is 11.0 Å². The van der Waals surface area contributed by atoms with Gasteiger partial charge >= 0.3 is 6.18 Å². The number of nitrogens with zero attached hydrogens (tertiary/aromatic N) is 5. The largest absolute Gasteiger partial charge is 0.433 e. The van der Waals surface area contributed by atoms with Crippen molar-refractivity contribution in [3.05, 3.63) is 53.2 Å². The fourth-order valence-electron chi connectivity index (χ4n) is 3.23. The van der Waals surface area contributed by atoms with E-state index in [1.165, 1.54) is 17.2 Å². The van der Waals surface area contributed by atoms with Gasteiger partial charge in [0.1, 0.15) is 5.69 Å². The first-order valence-corrected chi connectivity index (χ1v) is 9.49. The fraction of sp³-hybridized carbons (Fsp3) is 0.350. The van der Waals surface area contributed by atoms with Crippen molar-refractivity contribution >= 4 is 24.1 Å². The summed E-state index contributed by atoms with van der Waals surface area (Å²) in [5.41, 5.74) is 0.577. The SMILES string of the molecule is C=NN(N)c1ccc(C)cc1C(=O)N1CCN(c2cccc(C(F)(F)F)n2)OC[C@H]1C. The number of hydroxylamine groups is 1. The van der Waals surface area contributed by atoms with Gasteiger partial charge in [0.05, 0.1) is 30.4 Å². The van der Waals surface area contributed by atoms with E-state index in [-0.39, 0.29) is 37.5 Å². The number of hydrazine groups is 1. The molecule has 8 nitrogen and oxygen atoms in total. The molecule has 1 amide bonds. The molecule has 0 bridgehead atoms. The number of benzene rings is 1. The Kier molecular flexibility index (Phi) is 6.46. The minimum absolute atomic E-state index is 0.0246. The molecule has 2 heterocycles. The van der Waals surface area contributed by atoms with Crippen molar-refractivity contribution in [1.82, 2.24) is 9.88 Å². The minimum Gasteiger partial charge on any atom is -0.332 e. The maximum atomic E-state index is 13.3. The van der Waals surface area contributed by atoms with E-state index in [2.05, 4.69) is 16.8 Å². The Labute approximate surface area is 177 Å². The maximum absolute atomic E-state index is 13.3. The monoisotopic (exact) mass is 436 g/mol. The predicted molar refractivity (Wildman–Crippen MR) is 110 cm³/mol. The van der Waals surface area contributed by atoms with E-state index in [0.29, 0.717) is 11.3 Å². The number of carbonyl (C=O) groups is 1. The van der Waals surface area contributed by atoms with Crippen molar-refractivity contribution in [2.45, 2.75) is 26.1 Å². The topological polar surface area (TPSA) is 87.3 Å². The molecule has 1 saturated heterocycles. The highest BCUT2D eigenvalue weighted by Gasteiger charge is 2.34. The van der Waals surface area contributed by atoms with Gasteiger partial charge in [-0.15, -0.1) is 0 Å². The maximum Gasteiger partial charge on any atom is 0.433 e. The summed E-state index contributed by atoms with van der Waals surface area (Å²) < 4.78 is 39.0. The summed E-state index contributed by atoms with van der Waals surface area (Å²) in [7, 11) is 0. The number of hydrogen-bond acceptors (Lipinski definition) is 7. The zero-order valence-corrected chi connectivity index (χ0v) is 17.1. The third-order valence-electron chi connectivity index (χ3n) is 4.87. The first-order valence-electron chi connectivity index (χ1n) is 9.49. The summed E-state index contributed by atoms with van der Waals surface area (Å²) in [6, 6.07) is 8.42. The highest BCUT2D eigenvalue weighted by molar-refractivity contribution is 6.00. The van der Waals surface area contributed by atoms with Crippen LogP contribution in [-0.4, -0.2) is 48.2 Å². The highest BCUT2D eigenvalue weighted by Crippen LogP contribution is 2.29. The normalized spacial score (nSPS) is 17.3. The lowest BCUT2D eigenvalue weighted by molar-refractivity contribution is -0.141. The standard InChI is InChI=1S/C20H23F3N6O2/c1-13-7-8-16(29(24)25-3)15(11-13)19(30)27-9-10-28(31-12-14(27)2)18-6-4-5-17(26-18)20(21,22)23/h4-8,11,14H,3,9-10,12,24H2,1-2H3/t14-/m1/s1. The predicted octanol–water partition coefficient (Wildman–Crippen LogP) is 2.99. The lowest BCUT2D eigenvalue weighted by atomic mass is 10.1. The van der Waals surface area contributed by atoms with Gasteiger partial charge in [0.25, 0.3) is 5.91 Å². The first kappa shape index (κ1) is 22.5. The Morgan fingerprint density at radius 3 is 2.74 bits per heavy atom. The second-order valence-corrected chi connectivity index (χ2v) is 7.13. The molecule has 2 aromatic rings. The molecule has 1 aromatic carbocycles. The van der Waals surface area contributed by atoms with Gasteiger partial charge in [0, 0.05) is 13.3 Å². The van der Waals surface area contributed by atoms with Crippen LogP contribution in [0, 0.1) is 6.92 Å². The number of carbonyl (C=O) groups excluding carboxylic acids is 1. The lowest BCUT2D eigenvalue weighted by Crippen LogP contribution is -2.42. The van der Waals surface area contributed by atoms with Gasteiger partial charge in [0.15, 0.2) is 5.82 Å². The van der Waals surface area contributed by atoms with E-state index in [4.69, 9.17) is 10.7 Å². The van der Waals surface area contributed by atoms with Crippen LogP contribution in [0.5, 0.6) is 0 Å². The molecule has 0 unspecified atom stereocenters. The second kappa shape index (κ2) is 8.90. The molecule has 1 aromatic heterocycles. The van der Waals surface area contributed by atoms with Gasteiger partial charge in [-0.3, -0.25) is 9.63 Å². The van der Waals surface area contributed by atoms with Crippen molar-refractivity contribution in [2.75, 3.05) is 29.9 Å². The third-order valence-corrected chi connectivity index (χ3v) is 4.87. The number of amides is 1. The number of aromatic nitrogens is 1. The van der Waals surface area contributed by atoms with Gasteiger partial charge in [-0.25, -0.2) is 15.9 Å². The van der Waals surface area contributed by atoms with Gasteiger partial charge in [-0.05, 0) is 38.1 Å². The van der Waals surface area contributed by atoms with Gasteiger partial charge < -0.3 is 4.90 Å². The summed E-state index contributed by atoms with van der Waals surface area (Å²) in [6.45, 7) is 7.44. The number of anilines is 2. The first-order chi connectivity index (χ1) is 14.6. The Morgan fingerprint density at radius 1 is 1.32 bits per heavy atom. The highest BCUT2D eigenvalue weighted by atomic mass is 19.4. The summed E-state index contributed by atoms with van der Waals surface area (Å²) in [6.07, 6.45) is -4.56. The molecule has 1 aliphatic rings. The van der Waals surface area contributed by atoms with Crippen LogP contribution in [0.3, 0.4) is 0 Å². The van der Waals surface area contributed by atoms with Crippen LogP contribution in [0.2, 0.25) is 0 Å². The summed E-state index contributed by atoms with van der Waals surface area (Å²) in [5, 5.41) is 5.94. The number of halogens is 3. The minimum atomic E-state index is -4.56. The molecular weight excluding hydrogens is 413 g/mol. The lowest BCUT2D eigenvalue weighted by Gasteiger charge is -2.27. The molecule has 0 saturated carbocycles. The van der Waals surface area contributed by atoms with Crippen LogP contribution < -0.4 is 16.0 Å². The summed E-state index contributed by atoms with van der Waals surface area (Å²) >= 11 is 0. The molecule has 1 atom stereocenters. The van der Waals surface area contributed by atoms with E-state index < -0.39 is 11.9 Å². The van der Waals surface area contributed by atoms with Crippen molar-refractivity contribution < 1.29 is 22.8 Å². The Morgan fingerprint density at radius 2 is 2.06 bits per heavy atom. The number of alkyl halides is 3. The van der Waals surface area contributed by atoms with E-state index in [9.17, 15) is 18.0 Å². The number of aryl methyl sites for hydroxylation is 1. The van der Waals surface area contributed by atoms with E-state index in [0.717, 1.165) is 16.7 Å². The molecule has 11 heteroatoms. The Hall–Kier alpha value is -3.18. The fourth-order valence-corrected chi connectivity index (χ4v) is 3.23. The van der Waals surface area contributed by atoms with Crippen LogP contribution in [0.4, 0.5) is 24.7 Å². The molecule has 2 N–H and O–H groups in total. The number of pyridine rings is 1. The molecule has 0 radical (unpaired) electrons. The van der Waals surface area contributed by atoms with E-state index in [1.807, 2.05) is 6.92 Å². The van der Waals surface area contributed by atoms with Crippen molar-refractivity contribution in [3.8, 4) is 0 Å². The van der Waals surface area contributed by atoms with Crippen LogP contribution >= 0.6 is 0 Å². The zero-order valence-electron chi connectivity index (χ0n) is 17.1. The number of hydrogen-bond donors (Lipinski definition) is 1. The molecule has 0 spiro atoms. The van der Waals surface area contributed by atoms with Crippen molar-refractivity contribution in [2.24, 2.45) is 10.9 Å². The summed E-state index contributed by atoms with van der Waals surface area (Å²) in [5.74, 6) is 5.55. The summed E-state index contributed by atoms with van der Waals surface area (Å²) in [4.78, 5) is 24.2. The Balaban J connectivity index is 1.84. The van der Waals surface area contributed by atoms with Gasteiger partial charge in [-0.2, -0.15) is 23.4 Å². The molecule has 166 valence electrons. The van der Waals surface area contributed by atoms with Gasteiger partial charge in [0.2, 0.25) is 0 Å². The van der Waals surface area contributed by atoms with Gasteiger partial charge in [-0.1, -0.05) is 17.7 Å². The molecular formula is C20H23F3N6O2. The third kappa shape index (κ3) is 4.94. The van der Waals surface area contributed by atoms with E-state index in [1.54, 1.807) is 30.0 Å². The molecule has 1 fully saturated rings. The Bertz CT molecular complexity index is 968. The average molecular weight is 436 g/mol. The number of rotatable bonds is 4. The molecule has 3 rings (SSSR count). The average Bonchev–Trinajstić information content (AvgIpc) is 2.93. The molecule has 31 heavy (non-hydrogen) atoms. The van der Waals surface area contributed by atoms with Crippen LogP contribution in [0.25, 0.3) is 0 Å². The van der Waals surface area contributed by atoms with Crippen LogP contribution in [0.1, 0.15) is 28.5 Å². The quantitative estimate of drug-likeness (QED) is 0.451. The number of hydrazone groups is 1. The zero-order chi connectivity index (χ0) is 22.8. The molecule has 0 aliphatic carbocycles. The van der Waals surface area contributed by atoms with Crippen molar-refractivity contribution in [1.29, 1.82) is 0 Å². The van der Waals surface area contributed by atoms with Crippen molar-refractivity contribution in [3.63, 3.8) is 0 Å². The smallest absolute Gasteiger partial charge is 0.332 e. The second-order valence-electron chi connectivity index (χ2n) is 7.13. The van der Waals surface area contributed by atoms with E-state index >= 15 is 0 Å². The van der Waals surface area contributed by atoms with Crippen LogP contribution in [0.15, 0.2) is 41.5 Å². The number of nitrogens with two attached hydrogens (primary N) is 1.